The Morgan fingerprint density at radius 3 is 2.94 bits per heavy atom. The summed E-state index contributed by atoms with van der Waals surface area (Å²) in [5, 5.41) is 2.44. The zero-order valence-corrected chi connectivity index (χ0v) is 8.66. The van der Waals surface area contributed by atoms with E-state index in [1.807, 2.05) is 0 Å². The van der Waals surface area contributed by atoms with Gasteiger partial charge < -0.3 is 0 Å². The van der Waals surface area contributed by atoms with Crippen LogP contribution in [0.5, 0.6) is 0 Å². The lowest BCUT2D eigenvalue weighted by Crippen LogP contribution is -2.49. The molecule has 16 heavy (non-hydrogen) atoms. The van der Waals surface area contributed by atoms with Crippen LogP contribution in [0.25, 0.3) is 0 Å². The summed E-state index contributed by atoms with van der Waals surface area (Å²) in [4.78, 5) is 10.4. The maximum Gasteiger partial charge on any atom is 0.365 e. The Bertz CT molecular complexity index is 323. The SMILES string of the molecule is C=CCNC1N=C(F)N=C(Cl)N1OC(F)F. The van der Waals surface area contributed by atoms with Crippen LogP contribution in [-0.4, -0.2) is 35.9 Å². The first kappa shape index (κ1) is 12.9. The molecule has 0 aromatic rings. The van der Waals surface area contributed by atoms with Crippen molar-refractivity contribution in [3.8, 4) is 0 Å². The molecule has 0 aromatic carbocycles. The van der Waals surface area contributed by atoms with Crippen LogP contribution in [-0.2, 0) is 4.84 Å². The molecular formula is C7H8ClF3N4O. The average Bonchev–Trinajstić information content (AvgIpc) is 2.19. The Kier molecular flexibility index (Phi) is 4.71. The second-order valence-electron chi connectivity index (χ2n) is 2.54. The van der Waals surface area contributed by atoms with Gasteiger partial charge in [-0.3, -0.25) is 5.32 Å². The Balaban J connectivity index is 2.75. The van der Waals surface area contributed by atoms with Crippen molar-refractivity contribution < 1.29 is 18.0 Å². The molecule has 1 aliphatic rings. The average molecular weight is 257 g/mol. The highest BCUT2D eigenvalue weighted by Gasteiger charge is 2.29. The summed E-state index contributed by atoms with van der Waals surface area (Å²) >= 11 is 5.43. The van der Waals surface area contributed by atoms with Crippen molar-refractivity contribution in [3.05, 3.63) is 12.7 Å². The van der Waals surface area contributed by atoms with E-state index in [0.717, 1.165) is 0 Å². The quantitative estimate of drug-likeness (QED) is 0.598. The van der Waals surface area contributed by atoms with Crippen molar-refractivity contribution in [2.45, 2.75) is 12.9 Å². The van der Waals surface area contributed by atoms with Gasteiger partial charge in [0.15, 0.2) is 0 Å². The van der Waals surface area contributed by atoms with Gasteiger partial charge in [0.25, 0.3) is 0 Å². The first-order valence-corrected chi connectivity index (χ1v) is 4.48. The minimum atomic E-state index is -3.12. The molecule has 0 spiro atoms. The topological polar surface area (TPSA) is 49.2 Å². The highest BCUT2D eigenvalue weighted by Crippen LogP contribution is 2.14. The lowest BCUT2D eigenvalue weighted by Gasteiger charge is -2.29. The minimum absolute atomic E-state index is 0.203. The standard InChI is InChI=1S/C7H8ClF3N4O/c1-2-3-12-7-14-6(11)13-4(8)15(7)16-5(9)10/h2,5,7,12H,1,3H2. The van der Waals surface area contributed by atoms with Crippen molar-refractivity contribution in [1.29, 1.82) is 0 Å². The van der Waals surface area contributed by atoms with Gasteiger partial charge in [0.05, 0.1) is 0 Å². The first-order chi connectivity index (χ1) is 7.54. The third-order valence-electron chi connectivity index (χ3n) is 1.46. The van der Waals surface area contributed by atoms with E-state index in [2.05, 4.69) is 26.7 Å². The smallest absolute Gasteiger partial charge is 0.273 e. The van der Waals surface area contributed by atoms with Crippen LogP contribution in [0.2, 0.25) is 0 Å². The van der Waals surface area contributed by atoms with Gasteiger partial charge in [0, 0.05) is 6.54 Å². The third-order valence-corrected chi connectivity index (χ3v) is 1.71. The highest BCUT2D eigenvalue weighted by atomic mass is 35.5. The van der Waals surface area contributed by atoms with Crippen LogP contribution in [0.1, 0.15) is 0 Å². The predicted molar refractivity (Wildman–Crippen MR) is 52.7 cm³/mol. The summed E-state index contributed by atoms with van der Waals surface area (Å²) < 4.78 is 36.8. The summed E-state index contributed by atoms with van der Waals surface area (Å²) in [5.41, 5.74) is 0. The summed E-state index contributed by atoms with van der Waals surface area (Å²) in [6.45, 7) is 0.479. The fraction of sp³-hybridized carbons (Fsp3) is 0.429. The molecule has 0 aliphatic carbocycles. The van der Waals surface area contributed by atoms with E-state index in [4.69, 9.17) is 11.6 Å². The predicted octanol–water partition coefficient (Wildman–Crippen LogP) is 1.44. The number of halogens is 4. The zero-order chi connectivity index (χ0) is 12.1. The molecule has 1 atom stereocenters. The number of hydrogen-bond donors (Lipinski definition) is 1. The molecule has 0 bridgehead atoms. The molecule has 1 N–H and O–H groups in total. The molecule has 1 rings (SSSR count). The van der Waals surface area contributed by atoms with E-state index in [-0.39, 0.29) is 6.54 Å². The number of nitrogens with zero attached hydrogens (tertiary/aromatic N) is 3. The van der Waals surface area contributed by atoms with Crippen molar-refractivity contribution in [2.24, 2.45) is 9.98 Å². The second-order valence-corrected chi connectivity index (χ2v) is 2.88. The molecule has 0 saturated carbocycles. The van der Waals surface area contributed by atoms with Crippen LogP contribution >= 0.6 is 11.6 Å². The van der Waals surface area contributed by atoms with Gasteiger partial charge in [-0.15, -0.1) is 6.58 Å². The molecule has 0 fully saturated rings. The van der Waals surface area contributed by atoms with Gasteiger partial charge >= 0.3 is 12.7 Å². The van der Waals surface area contributed by atoms with Crippen molar-refractivity contribution in [3.63, 3.8) is 0 Å². The summed E-state index contributed by atoms with van der Waals surface area (Å²) in [7, 11) is 0. The van der Waals surface area contributed by atoms with E-state index in [1.54, 1.807) is 0 Å². The second kappa shape index (κ2) is 5.83. The molecule has 0 amide bonds. The van der Waals surface area contributed by atoms with Crippen molar-refractivity contribution in [1.82, 2.24) is 10.4 Å². The van der Waals surface area contributed by atoms with Crippen molar-refractivity contribution in [2.75, 3.05) is 6.54 Å². The van der Waals surface area contributed by atoms with E-state index in [9.17, 15) is 13.2 Å². The monoisotopic (exact) mass is 256 g/mol. The lowest BCUT2D eigenvalue weighted by atomic mass is 10.6. The maximum absolute atomic E-state index is 12.8. The Hall–Kier alpha value is -1.12. The van der Waals surface area contributed by atoms with Gasteiger partial charge in [-0.2, -0.15) is 33.1 Å². The minimum Gasteiger partial charge on any atom is -0.273 e. The number of hydrogen-bond acceptors (Lipinski definition) is 5. The first-order valence-electron chi connectivity index (χ1n) is 4.10. The fourth-order valence-corrected chi connectivity index (χ4v) is 1.11. The summed E-state index contributed by atoms with van der Waals surface area (Å²) in [5.74, 6) is 0. The maximum atomic E-state index is 12.8. The van der Waals surface area contributed by atoms with E-state index >= 15 is 0 Å². The third kappa shape index (κ3) is 3.47. The summed E-state index contributed by atoms with van der Waals surface area (Å²) in [6.07, 6.45) is -0.897. The van der Waals surface area contributed by atoms with Crippen LogP contribution in [0.3, 0.4) is 0 Å². The number of rotatable bonds is 5. The molecule has 90 valence electrons. The summed E-state index contributed by atoms with van der Waals surface area (Å²) in [6, 6.07) is 0. The number of amidine groups is 2. The molecule has 1 aliphatic heterocycles. The van der Waals surface area contributed by atoms with Crippen LogP contribution in [0, 0.1) is 0 Å². The molecule has 1 unspecified atom stereocenters. The highest BCUT2D eigenvalue weighted by molar-refractivity contribution is 6.65. The molecule has 5 nitrogen and oxygen atoms in total. The Morgan fingerprint density at radius 1 is 1.69 bits per heavy atom. The Labute approximate surface area is 94.2 Å². The van der Waals surface area contributed by atoms with Gasteiger partial charge in [-0.05, 0) is 11.6 Å². The Morgan fingerprint density at radius 2 is 2.38 bits per heavy atom. The van der Waals surface area contributed by atoms with Gasteiger partial charge in [-0.1, -0.05) is 6.08 Å². The van der Waals surface area contributed by atoms with Crippen molar-refractivity contribution >= 4 is 23.0 Å². The van der Waals surface area contributed by atoms with Gasteiger partial charge in [0.1, 0.15) is 0 Å². The molecule has 9 heteroatoms. The van der Waals surface area contributed by atoms with E-state index in [1.165, 1.54) is 6.08 Å². The molecule has 0 aromatic heterocycles. The lowest BCUT2D eigenvalue weighted by molar-refractivity contribution is -0.264. The van der Waals surface area contributed by atoms with E-state index < -0.39 is 24.3 Å². The van der Waals surface area contributed by atoms with Gasteiger partial charge in [-0.25, -0.2) is 0 Å². The number of nitrogens with one attached hydrogen (secondary N) is 1. The molecule has 1 heterocycles. The van der Waals surface area contributed by atoms with Crippen LogP contribution < -0.4 is 5.32 Å². The largest absolute Gasteiger partial charge is 0.365 e. The van der Waals surface area contributed by atoms with E-state index in [0.29, 0.717) is 5.06 Å². The van der Waals surface area contributed by atoms with Crippen LogP contribution in [0.4, 0.5) is 13.2 Å². The van der Waals surface area contributed by atoms with Gasteiger partial charge in [0.2, 0.25) is 11.6 Å². The fourth-order valence-electron chi connectivity index (χ4n) is 0.913. The number of hydroxylamine groups is 2. The molecule has 0 saturated heterocycles. The number of aliphatic imine (C=N–C) groups is 2. The normalized spacial score (nSPS) is 20.8. The molecule has 0 radical (unpaired) electrons. The zero-order valence-electron chi connectivity index (χ0n) is 7.91. The molecular weight excluding hydrogens is 249 g/mol. The number of alkyl halides is 2. The van der Waals surface area contributed by atoms with Crippen LogP contribution in [0.15, 0.2) is 22.6 Å².